The highest BCUT2D eigenvalue weighted by molar-refractivity contribution is 6.62. The summed E-state index contributed by atoms with van der Waals surface area (Å²) in [6.45, 7) is 8.27. The second-order valence-electron chi connectivity index (χ2n) is 7.47. The van der Waals surface area contributed by atoms with Crippen molar-refractivity contribution in [2.75, 3.05) is 7.11 Å². The Hall–Kier alpha value is -1.33. The van der Waals surface area contributed by atoms with Crippen LogP contribution in [-0.4, -0.2) is 31.4 Å². The Morgan fingerprint density at radius 2 is 1.74 bits per heavy atom. The summed E-state index contributed by atoms with van der Waals surface area (Å²) in [6.07, 6.45) is 3.47. The van der Waals surface area contributed by atoms with E-state index in [0.29, 0.717) is 6.42 Å². The fourth-order valence-corrected chi connectivity index (χ4v) is 3.39. The maximum atomic E-state index is 11.6. The van der Waals surface area contributed by atoms with Gasteiger partial charge in [-0.2, -0.15) is 0 Å². The predicted molar refractivity (Wildman–Crippen MR) is 89.9 cm³/mol. The van der Waals surface area contributed by atoms with Crippen LogP contribution < -0.4 is 5.46 Å². The molecule has 0 amide bonds. The molecule has 0 atom stereocenters. The molecule has 4 nitrogen and oxygen atoms in total. The van der Waals surface area contributed by atoms with Gasteiger partial charge in [0.1, 0.15) is 0 Å². The smallest absolute Gasteiger partial charge is 0.469 e. The normalized spacial score (nSPS) is 21.3. The molecule has 1 aromatic rings. The number of benzene rings is 1. The van der Waals surface area contributed by atoms with Crippen molar-refractivity contribution in [3.63, 3.8) is 0 Å². The van der Waals surface area contributed by atoms with Gasteiger partial charge in [-0.15, -0.1) is 0 Å². The Kier molecular flexibility index (Phi) is 4.05. The van der Waals surface area contributed by atoms with Crippen molar-refractivity contribution in [3.8, 4) is 0 Å². The van der Waals surface area contributed by atoms with E-state index in [9.17, 15) is 4.79 Å². The summed E-state index contributed by atoms with van der Waals surface area (Å²) >= 11 is 0. The quantitative estimate of drug-likeness (QED) is 0.633. The summed E-state index contributed by atoms with van der Waals surface area (Å²) in [5, 5.41) is 0. The second-order valence-corrected chi connectivity index (χ2v) is 7.47. The Morgan fingerprint density at radius 1 is 1.13 bits per heavy atom. The summed E-state index contributed by atoms with van der Waals surface area (Å²) in [5.74, 6) is -0.192. The van der Waals surface area contributed by atoms with Crippen molar-refractivity contribution >= 4 is 18.6 Å². The minimum absolute atomic E-state index is 0.192. The summed E-state index contributed by atoms with van der Waals surface area (Å²) in [4.78, 5) is 11.6. The number of ether oxygens (including phenoxy) is 1. The van der Waals surface area contributed by atoms with E-state index >= 15 is 0 Å². The molecule has 0 saturated carbocycles. The molecule has 1 aliphatic carbocycles. The lowest BCUT2D eigenvalue weighted by atomic mass is 9.74. The van der Waals surface area contributed by atoms with Gasteiger partial charge in [-0.25, -0.2) is 0 Å². The largest absolute Gasteiger partial charge is 0.495 e. The number of hydrogen-bond donors (Lipinski definition) is 0. The van der Waals surface area contributed by atoms with Gasteiger partial charge in [-0.3, -0.25) is 4.79 Å². The van der Waals surface area contributed by atoms with Crippen LogP contribution in [0.4, 0.5) is 0 Å². The van der Waals surface area contributed by atoms with Crippen LogP contribution in [0.25, 0.3) is 0 Å². The topological polar surface area (TPSA) is 44.8 Å². The number of rotatable bonds is 3. The summed E-state index contributed by atoms with van der Waals surface area (Å²) in [5.41, 5.74) is 4.09. The van der Waals surface area contributed by atoms with Crippen molar-refractivity contribution in [2.24, 2.45) is 0 Å². The number of esters is 1. The molecule has 0 spiro atoms. The third-order valence-corrected chi connectivity index (χ3v) is 5.49. The molecule has 1 heterocycles. The highest BCUT2D eigenvalue weighted by Gasteiger charge is 2.52. The molecule has 2 aliphatic rings. The first-order valence-electron chi connectivity index (χ1n) is 8.31. The summed E-state index contributed by atoms with van der Waals surface area (Å²) in [7, 11) is 1.10. The van der Waals surface area contributed by atoms with Gasteiger partial charge in [0.2, 0.25) is 0 Å². The molecule has 0 radical (unpaired) electrons. The average Bonchev–Trinajstić information content (AvgIpc) is 3.02. The Morgan fingerprint density at radius 3 is 2.35 bits per heavy atom. The predicted octanol–water partition coefficient (Wildman–Crippen LogP) is 2.19. The number of methoxy groups -OCH3 is 1. The first-order chi connectivity index (χ1) is 10.7. The van der Waals surface area contributed by atoms with Crippen LogP contribution in [0.3, 0.4) is 0 Å². The maximum Gasteiger partial charge on any atom is 0.495 e. The SMILES string of the molecule is COC(=O)Cc1ccc(B2OC(C)(C)C(C)(C)O2)c2c1CCC2. The lowest BCUT2D eigenvalue weighted by molar-refractivity contribution is -0.139. The van der Waals surface area contributed by atoms with Crippen molar-refractivity contribution in [3.05, 3.63) is 28.8 Å². The fraction of sp³-hybridized carbons (Fsp3) is 0.611. The van der Waals surface area contributed by atoms with Crippen LogP contribution in [0, 0.1) is 0 Å². The Bertz CT molecular complexity index is 620. The van der Waals surface area contributed by atoms with Gasteiger partial charge in [-0.1, -0.05) is 12.1 Å². The monoisotopic (exact) mass is 316 g/mol. The molecule has 1 aliphatic heterocycles. The highest BCUT2D eigenvalue weighted by atomic mass is 16.7. The zero-order chi connectivity index (χ0) is 16.8. The van der Waals surface area contributed by atoms with E-state index in [1.165, 1.54) is 18.2 Å². The lowest BCUT2D eigenvalue weighted by Crippen LogP contribution is -2.41. The van der Waals surface area contributed by atoms with Crippen molar-refractivity contribution in [1.29, 1.82) is 0 Å². The van der Waals surface area contributed by atoms with Crippen molar-refractivity contribution in [2.45, 2.75) is 64.6 Å². The second kappa shape index (κ2) is 5.64. The molecular weight excluding hydrogens is 291 g/mol. The van der Waals surface area contributed by atoms with Crippen LogP contribution in [0.2, 0.25) is 0 Å². The van der Waals surface area contributed by atoms with E-state index in [4.69, 9.17) is 14.0 Å². The van der Waals surface area contributed by atoms with Crippen molar-refractivity contribution < 1.29 is 18.8 Å². The first-order valence-corrected chi connectivity index (χ1v) is 8.31. The minimum atomic E-state index is -0.339. The molecule has 0 bridgehead atoms. The van der Waals surface area contributed by atoms with Gasteiger partial charge in [0.25, 0.3) is 0 Å². The molecule has 1 fully saturated rings. The Balaban J connectivity index is 1.94. The molecular formula is C18H25BO4. The highest BCUT2D eigenvalue weighted by Crippen LogP contribution is 2.37. The first kappa shape index (κ1) is 16.5. The molecule has 1 saturated heterocycles. The van der Waals surface area contributed by atoms with E-state index in [-0.39, 0.29) is 24.3 Å². The van der Waals surface area contributed by atoms with E-state index < -0.39 is 0 Å². The van der Waals surface area contributed by atoms with E-state index in [2.05, 4.69) is 33.8 Å². The number of fused-ring (bicyclic) bond motifs is 1. The molecule has 5 heteroatoms. The van der Waals surface area contributed by atoms with Gasteiger partial charge in [-0.05, 0) is 69.1 Å². The number of carbonyl (C=O) groups excluding carboxylic acids is 1. The summed E-state index contributed by atoms with van der Waals surface area (Å²) in [6, 6.07) is 4.09. The molecule has 0 aromatic heterocycles. The van der Waals surface area contributed by atoms with Gasteiger partial charge in [0.05, 0.1) is 24.7 Å². The standard InChI is InChI=1S/C18H25BO4/c1-17(2)18(3,4)23-19(22-17)15-10-9-12(11-16(20)21-5)13-7-6-8-14(13)15/h9-10H,6-8,11H2,1-5H3. The summed E-state index contributed by atoms with van der Waals surface area (Å²) < 4.78 is 17.2. The zero-order valence-corrected chi connectivity index (χ0v) is 14.7. The Labute approximate surface area is 138 Å². The molecule has 0 N–H and O–H groups in total. The fourth-order valence-electron chi connectivity index (χ4n) is 3.39. The van der Waals surface area contributed by atoms with Gasteiger partial charge in [0.15, 0.2) is 0 Å². The van der Waals surface area contributed by atoms with Crippen LogP contribution in [0.5, 0.6) is 0 Å². The van der Waals surface area contributed by atoms with Gasteiger partial charge < -0.3 is 14.0 Å². The van der Waals surface area contributed by atoms with Crippen LogP contribution in [0.1, 0.15) is 50.8 Å². The molecule has 0 unspecified atom stereocenters. The van der Waals surface area contributed by atoms with Crippen LogP contribution in [0.15, 0.2) is 12.1 Å². The molecule has 3 rings (SSSR count). The number of carbonyl (C=O) groups is 1. The van der Waals surface area contributed by atoms with Crippen LogP contribution in [-0.2, 0) is 38.1 Å². The lowest BCUT2D eigenvalue weighted by Gasteiger charge is -2.32. The minimum Gasteiger partial charge on any atom is -0.469 e. The van der Waals surface area contributed by atoms with Crippen molar-refractivity contribution in [1.82, 2.24) is 0 Å². The van der Waals surface area contributed by atoms with E-state index in [1.807, 2.05) is 6.07 Å². The van der Waals surface area contributed by atoms with Gasteiger partial charge in [0, 0.05) is 0 Å². The third-order valence-electron chi connectivity index (χ3n) is 5.49. The van der Waals surface area contributed by atoms with E-state index in [1.54, 1.807) is 0 Å². The molecule has 124 valence electrons. The van der Waals surface area contributed by atoms with E-state index in [0.717, 1.165) is 30.3 Å². The number of hydrogen-bond acceptors (Lipinski definition) is 4. The zero-order valence-electron chi connectivity index (χ0n) is 14.7. The molecule has 1 aromatic carbocycles. The third kappa shape index (κ3) is 2.81. The maximum absolute atomic E-state index is 11.6. The van der Waals surface area contributed by atoms with Gasteiger partial charge >= 0.3 is 13.1 Å². The average molecular weight is 316 g/mol. The van der Waals surface area contributed by atoms with Crippen LogP contribution >= 0.6 is 0 Å². The molecule has 23 heavy (non-hydrogen) atoms.